The third kappa shape index (κ3) is 3.72. The van der Waals surface area contributed by atoms with E-state index >= 15 is 0 Å². The standard InChI is InChI=1S/C19H21NO/c1-15(12-16-8-4-2-5-9-16)19-14-18(20-21-19)13-17-10-6-3-7-11-17/h2-11,15,19H,12-14H2,1H3. The predicted octanol–water partition coefficient (Wildman–Crippen LogP) is 4.25. The summed E-state index contributed by atoms with van der Waals surface area (Å²) in [5, 5.41) is 4.29. The lowest BCUT2D eigenvalue weighted by atomic mass is 9.92. The highest BCUT2D eigenvalue weighted by molar-refractivity contribution is 5.87. The summed E-state index contributed by atoms with van der Waals surface area (Å²) in [7, 11) is 0. The van der Waals surface area contributed by atoms with E-state index in [9.17, 15) is 0 Å². The number of hydrogen-bond donors (Lipinski definition) is 0. The minimum absolute atomic E-state index is 0.212. The molecule has 108 valence electrons. The first-order valence-corrected chi connectivity index (χ1v) is 7.60. The summed E-state index contributed by atoms with van der Waals surface area (Å²) in [4.78, 5) is 5.66. The maximum atomic E-state index is 5.66. The summed E-state index contributed by atoms with van der Waals surface area (Å²) in [6.07, 6.45) is 3.10. The van der Waals surface area contributed by atoms with Crippen molar-refractivity contribution >= 4 is 5.71 Å². The molecule has 2 aromatic carbocycles. The molecule has 3 rings (SSSR count). The van der Waals surface area contributed by atoms with Crippen molar-refractivity contribution in [1.82, 2.24) is 0 Å². The molecule has 0 bridgehead atoms. The van der Waals surface area contributed by atoms with E-state index in [2.05, 4.69) is 66.7 Å². The second-order valence-electron chi connectivity index (χ2n) is 5.83. The molecule has 1 aliphatic rings. The monoisotopic (exact) mass is 279 g/mol. The molecular formula is C19H21NO. The van der Waals surface area contributed by atoms with E-state index < -0.39 is 0 Å². The van der Waals surface area contributed by atoms with E-state index in [1.165, 1.54) is 11.1 Å². The average Bonchev–Trinajstić information content (AvgIpc) is 2.98. The van der Waals surface area contributed by atoms with Crippen LogP contribution in [0.5, 0.6) is 0 Å². The molecule has 0 fully saturated rings. The summed E-state index contributed by atoms with van der Waals surface area (Å²) >= 11 is 0. The Labute approximate surface area is 126 Å². The highest BCUT2D eigenvalue weighted by Crippen LogP contribution is 2.23. The SMILES string of the molecule is CC(Cc1ccccc1)C1CC(Cc2ccccc2)=NO1. The van der Waals surface area contributed by atoms with Crippen molar-refractivity contribution in [3.63, 3.8) is 0 Å². The van der Waals surface area contributed by atoms with Crippen LogP contribution >= 0.6 is 0 Å². The lowest BCUT2D eigenvalue weighted by Gasteiger charge is -2.17. The summed E-state index contributed by atoms with van der Waals surface area (Å²) in [5.74, 6) is 0.476. The van der Waals surface area contributed by atoms with Crippen molar-refractivity contribution in [3.8, 4) is 0 Å². The van der Waals surface area contributed by atoms with Crippen LogP contribution in [-0.2, 0) is 17.7 Å². The zero-order valence-electron chi connectivity index (χ0n) is 12.4. The van der Waals surface area contributed by atoms with Crippen molar-refractivity contribution in [2.75, 3.05) is 0 Å². The number of nitrogens with zero attached hydrogens (tertiary/aromatic N) is 1. The van der Waals surface area contributed by atoms with Crippen molar-refractivity contribution in [1.29, 1.82) is 0 Å². The van der Waals surface area contributed by atoms with Gasteiger partial charge < -0.3 is 4.84 Å². The van der Waals surface area contributed by atoms with Crippen LogP contribution in [0.3, 0.4) is 0 Å². The molecule has 0 amide bonds. The van der Waals surface area contributed by atoms with Gasteiger partial charge in [-0.1, -0.05) is 72.7 Å². The maximum Gasteiger partial charge on any atom is 0.135 e. The molecule has 0 N–H and O–H groups in total. The maximum absolute atomic E-state index is 5.66. The van der Waals surface area contributed by atoms with Gasteiger partial charge in [0.1, 0.15) is 6.10 Å². The van der Waals surface area contributed by atoms with Gasteiger partial charge in [0.05, 0.1) is 5.71 Å². The van der Waals surface area contributed by atoms with Gasteiger partial charge in [-0.15, -0.1) is 0 Å². The first-order valence-electron chi connectivity index (χ1n) is 7.60. The fourth-order valence-corrected chi connectivity index (χ4v) is 2.81. The Morgan fingerprint density at radius 1 is 1.00 bits per heavy atom. The third-order valence-electron chi connectivity index (χ3n) is 4.04. The molecule has 0 radical (unpaired) electrons. The highest BCUT2D eigenvalue weighted by Gasteiger charge is 2.26. The van der Waals surface area contributed by atoms with Crippen LogP contribution < -0.4 is 0 Å². The van der Waals surface area contributed by atoms with Crippen LogP contribution in [-0.4, -0.2) is 11.8 Å². The molecule has 2 aromatic rings. The lowest BCUT2D eigenvalue weighted by molar-refractivity contribution is 0.0463. The van der Waals surface area contributed by atoms with E-state index in [-0.39, 0.29) is 6.10 Å². The minimum atomic E-state index is 0.212. The zero-order valence-corrected chi connectivity index (χ0v) is 12.4. The molecule has 0 aromatic heterocycles. The summed E-state index contributed by atoms with van der Waals surface area (Å²) < 4.78 is 0. The van der Waals surface area contributed by atoms with Gasteiger partial charge in [0.15, 0.2) is 0 Å². The largest absolute Gasteiger partial charge is 0.392 e. The van der Waals surface area contributed by atoms with E-state index in [4.69, 9.17) is 4.84 Å². The van der Waals surface area contributed by atoms with Crippen molar-refractivity contribution < 1.29 is 4.84 Å². The van der Waals surface area contributed by atoms with Crippen LogP contribution in [0.15, 0.2) is 65.8 Å². The van der Waals surface area contributed by atoms with Gasteiger partial charge in [-0.25, -0.2) is 0 Å². The van der Waals surface area contributed by atoms with E-state index in [1.807, 2.05) is 6.07 Å². The van der Waals surface area contributed by atoms with Crippen molar-refractivity contribution in [2.24, 2.45) is 11.1 Å². The van der Waals surface area contributed by atoms with Crippen LogP contribution in [0, 0.1) is 5.92 Å². The fourth-order valence-electron chi connectivity index (χ4n) is 2.81. The van der Waals surface area contributed by atoms with E-state index in [0.29, 0.717) is 5.92 Å². The van der Waals surface area contributed by atoms with Gasteiger partial charge in [0.2, 0.25) is 0 Å². The Bertz CT molecular complexity index is 591. The number of oxime groups is 1. The van der Waals surface area contributed by atoms with Crippen molar-refractivity contribution in [2.45, 2.75) is 32.3 Å². The lowest BCUT2D eigenvalue weighted by Crippen LogP contribution is -2.20. The molecular weight excluding hydrogens is 258 g/mol. The normalized spacial score (nSPS) is 18.9. The molecule has 2 heteroatoms. The first-order chi connectivity index (χ1) is 10.3. The second kappa shape index (κ2) is 6.57. The molecule has 0 saturated carbocycles. The molecule has 2 nitrogen and oxygen atoms in total. The molecule has 21 heavy (non-hydrogen) atoms. The van der Waals surface area contributed by atoms with Gasteiger partial charge in [-0.3, -0.25) is 0 Å². The Hall–Kier alpha value is -2.09. The van der Waals surface area contributed by atoms with Gasteiger partial charge in [-0.2, -0.15) is 0 Å². The Kier molecular flexibility index (Phi) is 4.34. The van der Waals surface area contributed by atoms with Gasteiger partial charge >= 0.3 is 0 Å². The Morgan fingerprint density at radius 2 is 1.62 bits per heavy atom. The van der Waals surface area contributed by atoms with Crippen LogP contribution in [0.1, 0.15) is 24.5 Å². The Balaban J connectivity index is 1.53. The topological polar surface area (TPSA) is 21.6 Å². The van der Waals surface area contributed by atoms with E-state index in [1.54, 1.807) is 0 Å². The fraction of sp³-hybridized carbons (Fsp3) is 0.316. The van der Waals surface area contributed by atoms with Crippen LogP contribution in [0.2, 0.25) is 0 Å². The van der Waals surface area contributed by atoms with E-state index in [0.717, 1.165) is 25.0 Å². The van der Waals surface area contributed by atoms with Gasteiger partial charge in [0.25, 0.3) is 0 Å². The molecule has 2 atom stereocenters. The number of rotatable bonds is 5. The quantitative estimate of drug-likeness (QED) is 0.801. The molecule has 1 heterocycles. The molecule has 0 saturated heterocycles. The van der Waals surface area contributed by atoms with Gasteiger partial charge in [-0.05, 0) is 17.5 Å². The van der Waals surface area contributed by atoms with Crippen LogP contribution in [0.25, 0.3) is 0 Å². The molecule has 0 aliphatic carbocycles. The first kappa shape index (κ1) is 13.9. The minimum Gasteiger partial charge on any atom is -0.392 e. The van der Waals surface area contributed by atoms with Gasteiger partial charge in [0, 0.05) is 18.8 Å². The number of hydrogen-bond acceptors (Lipinski definition) is 2. The molecule has 2 unspecified atom stereocenters. The molecule has 0 spiro atoms. The third-order valence-corrected chi connectivity index (χ3v) is 4.04. The summed E-state index contributed by atoms with van der Waals surface area (Å²) in [5.41, 5.74) is 3.83. The number of benzene rings is 2. The smallest absolute Gasteiger partial charge is 0.135 e. The highest BCUT2D eigenvalue weighted by atomic mass is 16.6. The molecule has 1 aliphatic heterocycles. The van der Waals surface area contributed by atoms with Crippen molar-refractivity contribution in [3.05, 3.63) is 71.8 Å². The summed E-state index contributed by atoms with van der Waals surface area (Å²) in [6, 6.07) is 21.1. The predicted molar refractivity (Wildman–Crippen MR) is 86.4 cm³/mol. The average molecular weight is 279 g/mol. The second-order valence-corrected chi connectivity index (χ2v) is 5.83. The summed E-state index contributed by atoms with van der Waals surface area (Å²) in [6.45, 7) is 2.25. The van der Waals surface area contributed by atoms with Crippen LogP contribution in [0.4, 0.5) is 0 Å². The zero-order chi connectivity index (χ0) is 14.5. The Morgan fingerprint density at radius 3 is 2.29 bits per heavy atom.